The van der Waals surface area contributed by atoms with Gasteiger partial charge in [-0.15, -0.1) is 6.58 Å². The van der Waals surface area contributed by atoms with Gasteiger partial charge in [-0.2, -0.15) is 0 Å². The fraction of sp³-hybridized carbons (Fsp3) is 0.571. The first-order valence-electron chi connectivity index (χ1n) is 9.09. The van der Waals surface area contributed by atoms with Crippen molar-refractivity contribution in [1.82, 2.24) is 0 Å². The molecule has 6 nitrogen and oxygen atoms in total. The largest absolute Gasteiger partial charge is 0.481 e. The maximum absolute atomic E-state index is 9.00. The molecule has 0 saturated carbocycles. The molecule has 0 unspecified atom stereocenters. The van der Waals surface area contributed by atoms with Crippen molar-refractivity contribution in [3.05, 3.63) is 37.0 Å². The first-order valence-corrected chi connectivity index (χ1v) is 9.09. The highest BCUT2D eigenvalue weighted by Gasteiger charge is 1.89. The van der Waals surface area contributed by atoms with Crippen LogP contribution in [-0.4, -0.2) is 33.2 Å². The van der Waals surface area contributed by atoms with Crippen LogP contribution in [0.2, 0.25) is 0 Å². The number of carboxylic acids is 3. The predicted octanol–water partition coefficient (Wildman–Crippen LogP) is 5.70. The van der Waals surface area contributed by atoms with Crippen molar-refractivity contribution in [3.8, 4) is 0 Å². The lowest BCUT2D eigenvalue weighted by molar-refractivity contribution is -0.135. The summed E-state index contributed by atoms with van der Waals surface area (Å²) in [5.41, 5.74) is 0. The number of hydrogen-bond acceptors (Lipinski definition) is 3. The van der Waals surface area contributed by atoms with E-state index in [1.165, 1.54) is 51.4 Å². The third kappa shape index (κ3) is 119. The molecule has 0 rings (SSSR count). The van der Waals surface area contributed by atoms with Crippen molar-refractivity contribution >= 4 is 17.9 Å². The predicted molar refractivity (Wildman–Crippen MR) is 111 cm³/mol. The van der Waals surface area contributed by atoms with Crippen LogP contribution >= 0.6 is 0 Å². The van der Waals surface area contributed by atoms with Gasteiger partial charge in [0.25, 0.3) is 17.9 Å². The second-order valence-corrected chi connectivity index (χ2v) is 5.50. The Kier molecular flexibility index (Phi) is 37.6. The van der Waals surface area contributed by atoms with Crippen LogP contribution in [-0.2, 0) is 14.4 Å². The Labute approximate surface area is 164 Å². The van der Waals surface area contributed by atoms with Gasteiger partial charge in [0.15, 0.2) is 0 Å². The van der Waals surface area contributed by atoms with E-state index in [4.69, 9.17) is 29.7 Å². The molecule has 6 heteroatoms. The van der Waals surface area contributed by atoms with Crippen LogP contribution in [0.3, 0.4) is 0 Å². The molecule has 0 amide bonds. The molecule has 158 valence electrons. The second-order valence-electron chi connectivity index (χ2n) is 5.50. The van der Waals surface area contributed by atoms with Gasteiger partial charge >= 0.3 is 0 Å². The molecule has 0 aromatic heterocycles. The van der Waals surface area contributed by atoms with Crippen molar-refractivity contribution in [2.45, 2.75) is 79.1 Å². The Hall–Kier alpha value is -2.37. The summed E-state index contributed by atoms with van der Waals surface area (Å²) in [5.74, 6) is -2.50. The first kappa shape index (κ1) is 32.3. The topological polar surface area (TPSA) is 112 Å². The highest BCUT2D eigenvalue weighted by atomic mass is 16.4. The van der Waals surface area contributed by atoms with E-state index in [1.807, 2.05) is 13.0 Å². The molecule has 0 aliphatic carbocycles. The average Bonchev–Trinajstić information content (AvgIpc) is 2.51. The van der Waals surface area contributed by atoms with E-state index in [0.29, 0.717) is 0 Å². The normalized spacial score (nSPS) is 9.19. The number of carboxylic acid groups (broad SMARTS) is 3. The lowest BCUT2D eigenvalue weighted by Gasteiger charge is -1.98. The minimum Gasteiger partial charge on any atom is -0.481 e. The SMILES string of the molecule is C=CCCCCCCCCC=CC=CC.CC(=O)O.CC(=O)O.CC(=O)O. The maximum atomic E-state index is 9.00. The molecule has 0 fully saturated rings. The molecule has 0 aromatic carbocycles. The van der Waals surface area contributed by atoms with E-state index < -0.39 is 17.9 Å². The van der Waals surface area contributed by atoms with E-state index >= 15 is 0 Å². The average molecular weight is 387 g/mol. The van der Waals surface area contributed by atoms with Gasteiger partial charge in [-0.25, -0.2) is 0 Å². The zero-order valence-corrected chi connectivity index (χ0v) is 17.3. The summed E-state index contributed by atoms with van der Waals surface area (Å²) in [6.45, 7) is 9.03. The van der Waals surface area contributed by atoms with Crippen molar-refractivity contribution in [2.24, 2.45) is 0 Å². The Morgan fingerprint density at radius 1 is 0.704 bits per heavy atom. The number of rotatable bonds is 10. The number of allylic oxidation sites excluding steroid dienone is 5. The highest BCUT2D eigenvalue weighted by molar-refractivity contribution is 5.63. The van der Waals surface area contributed by atoms with Crippen molar-refractivity contribution in [3.63, 3.8) is 0 Å². The lowest BCUT2D eigenvalue weighted by atomic mass is 10.1. The number of hydrogen-bond donors (Lipinski definition) is 3. The van der Waals surface area contributed by atoms with Gasteiger partial charge in [-0.1, -0.05) is 56.1 Å². The van der Waals surface area contributed by atoms with E-state index in [9.17, 15) is 0 Å². The summed E-state index contributed by atoms with van der Waals surface area (Å²) in [4.78, 5) is 27.0. The molecular weight excluding hydrogens is 348 g/mol. The minimum atomic E-state index is -0.833. The number of aliphatic carboxylic acids is 3. The molecule has 0 heterocycles. The molecule has 0 saturated heterocycles. The van der Waals surface area contributed by atoms with Gasteiger partial charge in [-0.3, -0.25) is 14.4 Å². The van der Waals surface area contributed by atoms with Crippen LogP contribution in [0.25, 0.3) is 0 Å². The first-order chi connectivity index (χ1) is 12.6. The van der Waals surface area contributed by atoms with Gasteiger partial charge in [0.1, 0.15) is 0 Å². The Morgan fingerprint density at radius 3 is 1.37 bits per heavy atom. The smallest absolute Gasteiger partial charge is 0.300 e. The van der Waals surface area contributed by atoms with Gasteiger partial charge in [-0.05, 0) is 32.6 Å². The summed E-state index contributed by atoms with van der Waals surface area (Å²) < 4.78 is 0. The summed E-state index contributed by atoms with van der Waals surface area (Å²) in [5, 5.41) is 22.2. The molecule has 0 aliphatic rings. The zero-order valence-electron chi connectivity index (χ0n) is 17.3. The molecule has 3 N–H and O–H groups in total. The summed E-state index contributed by atoms with van der Waals surface area (Å²) in [7, 11) is 0. The Balaban J connectivity index is -0.000000179. The fourth-order valence-electron chi connectivity index (χ4n) is 1.54. The molecule has 0 bridgehead atoms. The monoisotopic (exact) mass is 386 g/mol. The molecule has 0 aliphatic heterocycles. The van der Waals surface area contributed by atoms with Gasteiger partial charge in [0.05, 0.1) is 0 Å². The summed E-state index contributed by atoms with van der Waals surface area (Å²) >= 11 is 0. The molecule has 0 aromatic rings. The van der Waals surface area contributed by atoms with Crippen molar-refractivity contribution in [1.29, 1.82) is 0 Å². The van der Waals surface area contributed by atoms with Gasteiger partial charge in [0.2, 0.25) is 0 Å². The summed E-state index contributed by atoms with van der Waals surface area (Å²) in [6.07, 6.45) is 21.2. The van der Waals surface area contributed by atoms with E-state index in [2.05, 4.69) is 30.9 Å². The van der Waals surface area contributed by atoms with E-state index in [1.54, 1.807) is 0 Å². The van der Waals surface area contributed by atoms with Crippen LogP contribution in [0.15, 0.2) is 37.0 Å². The van der Waals surface area contributed by atoms with Gasteiger partial charge < -0.3 is 15.3 Å². The van der Waals surface area contributed by atoms with Crippen LogP contribution in [0.4, 0.5) is 0 Å². The van der Waals surface area contributed by atoms with Crippen molar-refractivity contribution < 1.29 is 29.7 Å². The van der Waals surface area contributed by atoms with E-state index in [0.717, 1.165) is 20.8 Å². The number of carbonyl (C=O) groups is 3. The highest BCUT2D eigenvalue weighted by Crippen LogP contribution is 2.08. The van der Waals surface area contributed by atoms with Gasteiger partial charge in [0, 0.05) is 20.8 Å². The van der Waals surface area contributed by atoms with Crippen LogP contribution in [0.5, 0.6) is 0 Å². The minimum absolute atomic E-state index is 0.833. The molecule has 27 heavy (non-hydrogen) atoms. The van der Waals surface area contributed by atoms with Crippen molar-refractivity contribution in [2.75, 3.05) is 0 Å². The molecular formula is C21H38O6. The summed E-state index contributed by atoms with van der Waals surface area (Å²) in [6, 6.07) is 0. The standard InChI is InChI=1S/C15H26.3C2H4O2/c1-3-5-7-9-11-13-15-14-12-10-8-6-4-2;3*1-2(3)4/h3-4,6,8,10H,1,5,7,9,11-15H2,2H3;3*1H3,(H,3,4). The van der Waals surface area contributed by atoms with E-state index in [-0.39, 0.29) is 0 Å². The van der Waals surface area contributed by atoms with Crippen LogP contribution in [0.1, 0.15) is 79.1 Å². The molecule has 0 radical (unpaired) electrons. The second kappa shape index (κ2) is 31.4. The zero-order chi connectivity index (χ0) is 21.9. The Morgan fingerprint density at radius 2 is 1.04 bits per heavy atom. The molecule has 0 atom stereocenters. The maximum Gasteiger partial charge on any atom is 0.300 e. The third-order valence-electron chi connectivity index (χ3n) is 2.47. The number of unbranched alkanes of at least 4 members (excludes halogenated alkanes) is 7. The quantitative estimate of drug-likeness (QED) is 0.252. The fourth-order valence-corrected chi connectivity index (χ4v) is 1.54. The lowest BCUT2D eigenvalue weighted by Crippen LogP contribution is -1.79. The molecule has 0 spiro atoms. The van der Waals surface area contributed by atoms with Crippen LogP contribution < -0.4 is 0 Å². The van der Waals surface area contributed by atoms with Crippen LogP contribution in [0, 0.1) is 0 Å². The third-order valence-corrected chi connectivity index (χ3v) is 2.47. The Bertz CT molecular complexity index is 370.